The summed E-state index contributed by atoms with van der Waals surface area (Å²) in [5.74, 6) is 0.183. The van der Waals surface area contributed by atoms with Gasteiger partial charge in [-0.15, -0.1) is 0 Å². The van der Waals surface area contributed by atoms with Crippen molar-refractivity contribution in [2.45, 2.75) is 26.8 Å². The van der Waals surface area contributed by atoms with Crippen molar-refractivity contribution in [2.24, 2.45) is 0 Å². The molecule has 0 radical (unpaired) electrons. The Balaban J connectivity index is 2.68. The average molecular weight is 284 g/mol. The Hall–Kier alpha value is -0.670. The Bertz CT molecular complexity index is 345. The van der Waals surface area contributed by atoms with Crippen LogP contribution in [0.1, 0.15) is 31.1 Å². The number of carbonyl (C=O) groups is 1. The lowest BCUT2D eigenvalue weighted by molar-refractivity contribution is 0.0911. The summed E-state index contributed by atoms with van der Waals surface area (Å²) >= 11 is 3.36. The molecule has 0 spiro atoms. The molecule has 0 saturated heterocycles. The van der Waals surface area contributed by atoms with Gasteiger partial charge in [0.1, 0.15) is 0 Å². The van der Waals surface area contributed by atoms with Crippen LogP contribution >= 0.6 is 15.9 Å². The average Bonchev–Trinajstić information content (AvgIpc) is 2.26. The lowest BCUT2D eigenvalue weighted by Crippen LogP contribution is -2.35. The van der Waals surface area contributed by atoms with Gasteiger partial charge in [-0.3, -0.25) is 9.69 Å². The summed E-state index contributed by atoms with van der Waals surface area (Å²) in [6.45, 7) is 7.70. The molecule has 88 valence electrons. The van der Waals surface area contributed by atoms with Gasteiger partial charge in [-0.05, 0) is 32.5 Å². The Labute approximate surface area is 106 Å². The van der Waals surface area contributed by atoms with Gasteiger partial charge < -0.3 is 0 Å². The molecule has 1 rings (SSSR count). The van der Waals surface area contributed by atoms with E-state index in [9.17, 15) is 4.79 Å². The number of rotatable bonds is 5. The molecule has 0 aliphatic heterocycles. The SMILES string of the molecule is CCN(CC(=O)c1ccc(Br)cc1)C(C)C. The maximum absolute atomic E-state index is 12.0. The second-order valence-electron chi connectivity index (χ2n) is 4.09. The molecule has 0 aromatic heterocycles. The largest absolute Gasteiger partial charge is 0.294 e. The highest BCUT2D eigenvalue weighted by atomic mass is 79.9. The van der Waals surface area contributed by atoms with Gasteiger partial charge in [-0.2, -0.15) is 0 Å². The van der Waals surface area contributed by atoms with E-state index >= 15 is 0 Å². The molecular formula is C13H18BrNO. The molecule has 3 heteroatoms. The van der Waals surface area contributed by atoms with E-state index in [-0.39, 0.29) is 5.78 Å². The smallest absolute Gasteiger partial charge is 0.176 e. The number of likely N-dealkylation sites (N-methyl/N-ethyl adjacent to an activating group) is 1. The minimum absolute atomic E-state index is 0.183. The summed E-state index contributed by atoms with van der Waals surface area (Å²) in [6.07, 6.45) is 0. The predicted molar refractivity (Wildman–Crippen MR) is 70.9 cm³/mol. The van der Waals surface area contributed by atoms with Crippen molar-refractivity contribution in [3.8, 4) is 0 Å². The Morgan fingerprint density at radius 1 is 1.31 bits per heavy atom. The van der Waals surface area contributed by atoms with Gasteiger partial charge in [0.15, 0.2) is 5.78 Å². The summed E-state index contributed by atoms with van der Waals surface area (Å²) in [5, 5.41) is 0. The third kappa shape index (κ3) is 3.72. The summed E-state index contributed by atoms with van der Waals surface area (Å²) in [5.41, 5.74) is 0.780. The van der Waals surface area contributed by atoms with Gasteiger partial charge in [0.05, 0.1) is 6.54 Å². The molecule has 1 aromatic carbocycles. The van der Waals surface area contributed by atoms with Crippen LogP contribution in [-0.4, -0.2) is 29.8 Å². The minimum atomic E-state index is 0.183. The normalized spacial score (nSPS) is 11.1. The monoisotopic (exact) mass is 283 g/mol. The first-order chi connectivity index (χ1) is 7.54. The summed E-state index contributed by atoms with van der Waals surface area (Å²) in [7, 11) is 0. The highest BCUT2D eigenvalue weighted by molar-refractivity contribution is 9.10. The number of nitrogens with zero attached hydrogens (tertiary/aromatic N) is 1. The zero-order valence-electron chi connectivity index (χ0n) is 10.0. The van der Waals surface area contributed by atoms with Crippen molar-refractivity contribution >= 4 is 21.7 Å². The standard InChI is InChI=1S/C13H18BrNO/c1-4-15(10(2)3)9-13(16)11-5-7-12(14)8-6-11/h5-8,10H,4,9H2,1-3H3. The van der Waals surface area contributed by atoms with Gasteiger partial charge in [-0.25, -0.2) is 0 Å². The highest BCUT2D eigenvalue weighted by Gasteiger charge is 2.13. The van der Waals surface area contributed by atoms with Crippen LogP contribution in [0.15, 0.2) is 28.7 Å². The van der Waals surface area contributed by atoms with E-state index < -0.39 is 0 Å². The molecule has 0 N–H and O–H groups in total. The van der Waals surface area contributed by atoms with Gasteiger partial charge in [0, 0.05) is 16.1 Å². The maximum Gasteiger partial charge on any atom is 0.176 e. The number of hydrogen-bond acceptors (Lipinski definition) is 2. The van der Waals surface area contributed by atoms with Gasteiger partial charge >= 0.3 is 0 Å². The molecule has 16 heavy (non-hydrogen) atoms. The third-order valence-corrected chi connectivity index (χ3v) is 3.18. The second kappa shape index (κ2) is 6.16. The first-order valence-corrected chi connectivity index (χ1v) is 6.36. The number of hydrogen-bond donors (Lipinski definition) is 0. The number of halogens is 1. The van der Waals surface area contributed by atoms with Gasteiger partial charge in [0.2, 0.25) is 0 Å². The van der Waals surface area contributed by atoms with Crippen molar-refractivity contribution < 1.29 is 4.79 Å². The molecule has 0 atom stereocenters. The van der Waals surface area contributed by atoms with E-state index in [2.05, 4.69) is 41.6 Å². The fraction of sp³-hybridized carbons (Fsp3) is 0.462. The van der Waals surface area contributed by atoms with Crippen molar-refractivity contribution in [3.05, 3.63) is 34.3 Å². The Morgan fingerprint density at radius 2 is 1.88 bits per heavy atom. The van der Waals surface area contributed by atoms with Crippen LogP contribution in [0, 0.1) is 0 Å². The first kappa shape index (κ1) is 13.4. The first-order valence-electron chi connectivity index (χ1n) is 5.57. The zero-order chi connectivity index (χ0) is 12.1. The van der Waals surface area contributed by atoms with E-state index in [1.165, 1.54) is 0 Å². The van der Waals surface area contributed by atoms with E-state index in [1.807, 2.05) is 24.3 Å². The van der Waals surface area contributed by atoms with Gasteiger partial charge in [0.25, 0.3) is 0 Å². The van der Waals surface area contributed by atoms with Crippen LogP contribution in [-0.2, 0) is 0 Å². The molecule has 0 aliphatic rings. The van der Waals surface area contributed by atoms with Crippen LogP contribution in [0.2, 0.25) is 0 Å². The fourth-order valence-corrected chi connectivity index (χ4v) is 1.84. The van der Waals surface area contributed by atoms with E-state index in [1.54, 1.807) is 0 Å². The predicted octanol–water partition coefficient (Wildman–Crippen LogP) is 3.36. The summed E-state index contributed by atoms with van der Waals surface area (Å²) in [6, 6.07) is 7.93. The molecular weight excluding hydrogens is 266 g/mol. The zero-order valence-corrected chi connectivity index (χ0v) is 11.6. The van der Waals surface area contributed by atoms with Crippen LogP contribution in [0.25, 0.3) is 0 Å². The fourth-order valence-electron chi connectivity index (χ4n) is 1.57. The number of Topliss-reactive ketones (excluding diaryl/α,β-unsaturated/α-hetero) is 1. The van der Waals surface area contributed by atoms with E-state index in [0.29, 0.717) is 12.6 Å². The van der Waals surface area contributed by atoms with Crippen LogP contribution in [0.4, 0.5) is 0 Å². The molecule has 1 aromatic rings. The van der Waals surface area contributed by atoms with Crippen molar-refractivity contribution in [1.82, 2.24) is 4.90 Å². The Morgan fingerprint density at radius 3 is 2.31 bits per heavy atom. The number of benzene rings is 1. The second-order valence-corrected chi connectivity index (χ2v) is 5.00. The quantitative estimate of drug-likeness (QED) is 0.773. The molecule has 0 bridgehead atoms. The maximum atomic E-state index is 12.0. The lowest BCUT2D eigenvalue weighted by atomic mass is 10.1. The van der Waals surface area contributed by atoms with E-state index in [4.69, 9.17) is 0 Å². The Kier molecular flexibility index (Phi) is 5.16. The summed E-state index contributed by atoms with van der Waals surface area (Å²) < 4.78 is 1.00. The molecule has 0 amide bonds. The molecule has 0 fully saturated rings. The number of ketones is 1. The van der Waals surface area contributed by atoms with Crippen molar-refractivity contribution in [2.75, 3.05) is 13.1 Å². The van der Waals surface area contributed by atoms with Crippen molar-refractivity contribution in [3.63, 3.8) is 0 Å². The summed E-state index contributed by atoms with van der Waals surface area (Å²) in [4.78, 5) is 14.1. The van der Waals surface area contributed by atoms with Crippen molar-refractivity contribution in [1.29, 1.82) is 0 Å². The van der Waals surface area contributed by atoms with Gasteiger partial charge in [-0.1, -0.05) is 35.0 Å². The van der Waals surface area contributed by atoms with Crippen LogP contribution in [0.5, 0.6) is 0 Å². The van der Waals surface area contributed by atoms with Crippen LogP contribution in [0.3, 0.4) is 0 Å². The molecule has 0 aliphatic carbocycles. The lowest BCUT2D eigenvalue weighted by Gasteiger charge is -2.23. The highest BCUT2D eigenvalue weighted by Crippen LogP contribution is 2.11. The molecule has 0 heterocycles. The van der Waals surface area contributed by atoms with Crippen LogP contribution < -0.4 is 0 Å². The molecule has 0 unspecified atom stereocenters. The number of carbonyl (C=O) groups excluding carboxylic acids is 1. The minimum Gasteiger partial charge on any atom is -0.294 e. The van der Waals surface area contributed by atoms with E-state index in [0.717, 1.165) is 16.6 Å². The topological polar surface area (TPSA) is 20.3 Å². The molecule has 2 nitrogen and oxygen atoms in total. The molecule has 0 saturated carbocycles. The third-order valence-electron chi connectivity index (χ3n) is 2.65.